The van der Waals surface area contributed by atoms with Crippen molar-refractivity contribution in [3.8, 4) is 5.75 Å². The average Bonchev–Trinajstić information content (AvgIpc) is 3.90. The van der Waals surface area contributed by atoms with E-state index in [-0.39, 0.29) is 35.0 Å². The molecule has 12 nitrogen and oxygen atoms in total. The van der Waals surface area contributed by atoms with E-state index in [0.29, 0.717) is 36.1 Å². The van der Waals surface area contributed by atoms with E-state index >= 15 is 0 Å². The van der Waals surface area contributed by atoms with Crippen LogP contribution in [-0.4, -0.2) is 76.0 Å². The van der Waals surface area contributed by atoms with Crippen LogP contribution in [0.1, 0.15) is 51.9 Å². The van der Waals surface area contributed by atoms with Crippen LogP contribution in [0.15, 0.2) is 81.2 Å². The smallest absolute Gasteiger partial charge is 0.253 e. The minimum absolute atomic E-state index is 0.0961. The summed E-state index contributed by atoms with van der Waals surface area (Å²) in [5, 5.41) is 20.0. The van der Waals surface area contributed by atoms with Gasteiger partial charge in [0.2, 0.25) is 10.0 Å². The molecule has 1 N–H and O–H groups in total. The highest BCUT2D eigenvalue weighted by molar-refractivity contribution is 7.99. The molecule has 4 aromatic rings. The second kappa shape index (κ2) is 13.7. The summed E-state index contributed by atoms with van der Waals surface area (Å²) in [6, 6.07) is 17.3. The van der Waals surface area contributed by atoms with Gasteiger partial charge < -0.3 is 14.6 Å². The van der Waals surface area contributed by atoms with Crippen molar-refractivity contribution in [1.29, 1.82) is 0 Å². The van der Waals surface area contributed by atoms with Crippen LogP contribution in [0.25, 0.3) is 0 Å². The number of methoxy groups -OCH3 is 1. The first kappa shape index (κ1) is 31.9. The molecule has 0 spiro atoms. The highest BCUT2D eigenvalue weighted by Gasteiger charge is 2.34. The van der Waals surface area contributed by atoms with Crippen LogP contribution in [0.3, 0.4) is 0 Å². The molecule has 1 atom stereocenters. The third-order valence-electron chi connectivity index (χ3n) is 7.95. The minimum Gasteiger partial charge on any atom is -0.497 e. The zero-order valence-corrected chi connectivity index (χ0v) is 27.8. The fourth-order valence-corrected chi connectivity index (χ4v) is 8.37. The molecular formula is C31H33N7O5S3. The van der Waals surface area contributed by atoms with Gasteiger partial charge in [0.1, 0.15) is 5.75 Å². The Hall–Kier alpha value is -4.05. The maximum atomic E-state index is 13.5. The van der Waals surface area contributed by atoms with E-state index < -0.39 is 10.0 Å². The van der Waals surface area contributed by atoms with Crippen molar-refractivity contribution in [1.82, 2.24) is 29.4 Å². The van der Waals surface area contributed by atoms with Gasteiger partial charge in [0.25, 0.3) is 11.8 Å². The summed E-state index contributed by atoms with van der Waals surface area (Å²) >= 11 is 2.84. The summed E-state index contributed by atoms with van der Waals surface area (Å²) in [7, 11) is -0.160. The Kier molecular flexibility index (Phi) is 9.54. The van der Waals surface area contributed by atoms with Crippen LogP contribution < -0.4 is 10.1 Å². The third kappa shape index (κ3) is 6.72. The van der Waals surface area contributed by atoms with Crippen molar-refractivity contribution in [2.24, 2.45) is 12.1 Å². The molecule has 6 rings (SSSR count). The summed E-state index contributed by atoms with van der Waals surface area (Å²) in [6.07, 6.45) is 2.31. The van der Waals surface area contributed by atoms with E-state index in [1.807, 2.05) is 41.8 Å². The summed E-state index contributed by atoms with van der Waals surface area (Å²) < 4.78 is 34.1. The lowest BCUT2D eigenvalue weighted by Gasteiger charge is -2.22. The molecule has 240 valence electrons. The van der Waals surface area contributed by atoms with Gasteiger partial charge in [-0.05, 0) is 66.2 Å². The van der Waals surface area contributed by atoms with Gasteiger partial charge in [0.05, 0.1) is 40.9 Å². The van der Waals surface area contributed by atoms with Crippen LogP contribution in [-0.2, 0) is 28.4 Å². The molecule has 2 aliphatic rings. The number of carbonyl (C=O) groups excluding carboxylic acids is 2. The van der Waals surface area contributed by atoms with Crippen molar-refractivity contribution in [2.45, 2.75) is 41.9 Å². The van der Waals surface area contributed by atoms with Crippen LogP contribution in [0.5, 0.6) is 5.75 Å². The number of thiophene rings is 1. The molecule has 0 aliphatic carbocycles. The van der Waals surface area contributed by atoms with Gasteiger partial charge in [0.15, 0.2) is 11.0 Å². The summed E-state index contributed by atoms with van der Waals surface area (Å²) in [6.45, 7) is 1.14. The number of hydrogen-bond donors (Lipinski definition) is 1. The predicted octanol–water partition coefficient (Wildman–Crippen LogP) is 4.07. The average molecular weight is 680 g/mol. The Morgan fingerprint density at radius 3 is 2.46 bits per heavy atom. The third-order valence-corrected chi connectivity index (χ3v) is 11.8. The van der Waals surface area contributed by atoms with Crippen molar-refractivity contribution < 1.29 is 22.7 Å². The molecule has 15 heteroatoms. The molecule has 2 aliphatic heterocycles. The Balaban J connectivity index is 1.07. The molecule has 1 fully saturated rings. The van der Waals surface area contributed by atoms with Crippen LogP contribution in [0.4, 0.5) is 0 Å². The molecule has 0 radical (unpaired) electrons. The topological polar surface area (TPSA) is 139 Å². The minimum atomic E-state index is -3.55. The largest absolute Gasteiger partial charge is 0.497 e. The van der Waals surface area contributed by atoms with E-state index in [1.165, 1.54) is 40.3 Å². The lowest BCUT2D eigenvalue weighted by molar-refractivity contribution is -0.130. The molecule has 46 heavy (non-hydrogen) atoms. The van der Waals surface area contributed by atoms with Crippen molar-refractivity contribution >= 4 is 50.6 Å². The van der Waals surface area contributed by atoms with E-state index in [1.54, 1.807) is 35.1 Å². The standard InChI is InChI=1S/C31H33N7O5S3/c1-36-28(19-32-30(40)22-9-13-24(14-10-22)46(41,42)37-15-3-4-16-37)33-34-31(36)45-20-29(39)38-26(21-7-11-23(43-2)12-8-21)18-25(35-38)27-6-5-17-44-27/h5-14,17,26H,3-4,15-16,18-20H2,1-2H3,(H,32,40)/t26-/m0/s1. The molecule has 1 saturated heterocycles. The monoisotopic (exact) mass is 679 g/mol. The summed E-state index contributed by atoms with van der Waals surface area (Å²) in [4.78, 5) is 27.5. The van der Waals surface area contributed by atoms with Crippen LogP contribution in [0, 0.1) is 0 Å². The maximum Gasteiger partial charge on any atom is 0.253 e. The molecule has 2 amide bonds. The molecule has 4 heterocycles. The second-order valence-corrected chi connectivity index (χ2v) is 14.6. The van der Waals surface area contributed by atoms with Gasteiger partial charge in [0, 0.05) is 32.1 Å². The summed E-state index contributed by atoms with van der Waals surface area (Å²) in [5.74, 6) is 0.816. The molecule has 0 saturated carbocycles. The number of thioether (sulfide) groups is 1. The number of nitrogens with zero attached hydrogens (tertiary/aromatic N) is 6. The molecule has 0 bridgehead atoms. The number of rotatable bonds is 11. The van der Waals surface area contributed by atoms with Gasteiger partial charge in [-0.25, -0.2) is 13.4 Å². The van der Waals surface area contributed by atoms with E-state index in [2.05, 4.69) is 15.5 Å². The number of ether oxygens (including phenoxy) is 1. The zero-order valence-electron chi connectivity index (χ0n) is 25.3. The van der Waals surface area contributed by atoms with Crippen molar-refractivity contribution in [2.75, 3.05) is 26.0 Å². The Labute approximate surface area is 275 Å². The quantitative estimate of drug-likeness (QED) is 0.234. The summed E-state index contributed by atoms with van der Waals surface area (Å²) in [5.41, 5.74) is 2.17. The second-order valence-electron chi connectivity index (χ2n) is 10.8. The lowest BCUT2D eigenvalue weighted by Crippen LogP contribution is -2.28. The number of hydrogen-bond acceptors (Lipinski definition) is 10. The van der Waals surface area contributed by atoms with E-state index in [0.717, 1.165) is 34.7 Å². The normalized spacial score (nSPS) is 16.9. The first-order chi connectivity index (χ1) is 22.2. The predicted molar refractivity (Wildman–Crippen MR) is 175 cm³/mol. The SMILES string of the molecule is COc1ccc([C@@H]2CC(c3cccs3)=NN2C(=O)CSc2nnc(CNC(=O)c3ccc(S(=O)(=O)N4CCCC4)cc3)n2C)cc1. The highest BCUT2D eigenvalue weighted by atomic mass is 32.2. The van der Waals surface area contributed by atoms with Crippen LogP contribution >= 0.6 is 23.1 Å². The Morgan fingerprint density at radius 2 is 1.78 bits per heavy atom. The lowest BCUT2D eigenvalue weighted by atomic mass is 10.0. The number of hydrazone groups is 1. The Bertz CT molecular complexity index is 1830. The van der Waals surface area contributed by atoms with E-state index in [9.17, 15) is 18.0 Å². The molecule has 0 unspecified atom stereocenters. The first-order valence-electron chi connectivity index (χ1n) is 14.7. The molecular weight excluding hydrogens is 647 g/mol. The number of benzene rings is 2. The fourth-order valence-electron chi connectivity index (χ4n) is 5.35. The number of aromatic nitrogens is 3. The number of sulfonamides is 1. The highest BCUT2D eigenvalue weighted by Crippen LogP contribution is 2.35. The zero-order chi connectivity index (χ0) is 32.3. The van der Waals surface area contributed by atoms with Crippen molar-refractivity contribution in [3.05, 3.63) is 87.9 Å². The van der Waals surface area contributed by atoms with Crippen LogP contribution in [0.2, 0.25) is 0 Å². The Morgan fingerprint density at radius 1 is 1.04 bits per heavy atom. The number of carbonyl (C=O) groups is 2. The van der Waals surface area contributed by atoms with Gasteiger partial charge in [-0.15, -0.1) is 21.5 Å². The van der Waals surface area contributed by atoms with Gasteiger partial charge in [-0.1, -0.05) is 30.0 Å². The number of amides is 2. The number of nitrogens with one attached hydrogen (secondary N) is 1. The first-order valence-corrected chi connectivity index (χ1v) is 18.0. The maximum absolute atomic E-state index is 13.5. The fraction of sp³-hybridized carbons (Fsp3) is 0.323. The van der Waals surface area contributed by atoms with E-state index in [4.69, 9.17) is 9.84 Å². The van der Waals surface area contributed by atoms with Gasteiger partial charge >= 0.3 is 0 Å². The molecule has 2 aromatic carbocycles. The van der Waals surface area contributed by atoms with Gasteiger partial charge in [-0.2, -0.15) is 9.41 Å². The van der Waals surface area contributed by atoms with Gasteiger partial charge in [-0.3, -0.25) is 9.59 Å². The molecule has 2 aromatic heterocycles. The van der Waals surface area contributed by atoms with Crippen molar-refractivity contribution in [3.63, 3.8) is 0 Å².